The van der Waals surface area contributed by atoms with Crippen molar-refractivity contribution in [2.45, 2.75) is 61.6 Å². The standard InChI is InChI=1S/C27H33N7/c1-14-9-16(3)23(17(4)10-14)30-26-22(13-28)20(7)25(34-33-21(8)29)27(32-26)31-24-18(5)11-15(2)12-19(24)6/h9-12,21H,29H2,1-8H3,(H2,30,31,32). The number of nitrogens with one attached hydrogen (secondary N) is 2. The van der Waals surface area contributed by atoms with E-state index in [2.05, 4.69) is 78.9 Å². The van der Waals surface area contributed by atoms with Gasteiger partial charge in [0, 0.05) is 16.9 Å². The molecule has 7 heteroatoms. The van der Waals surface area contributed by atoms with E-state index in [1.54, 1.807) is 6.92 Å². The average Bonchev–Trinajstić information content (AvgIpc) is 2.72. The van der Waals surface area contributed by atoms with Crippen LogP contribution in [0.2, 0.25) is 0 Å². The van der Waals surface area contributed by atoms with E-state index >= 15 is 0 Å². The number of hydrogen-bond acceptors (Lipinski definition) is 7. The van der Waals surface area contributed by atoms with E-state index in [1.807, 2.05) is 20.8 Å². The predicted molar refractivity (Wildman–Crippen MR) is 140 cm³/mol. The maximum atomic E-state index is 10.0. The summed E-state index contributed by atoms with van der Waals surface area (Å²) >= 11 is 0. The molecule has 4 N–H and O–H groups in total. The molecule has 7 nitrogen and oxygen atoms in total. The lowest BCUT2D eigenvalue weighted by Crippen LogP contribution is -2.10. The van der Waals surface area contributed by atoms with E-state index in [4.69, 9.17) is 10.7 Å². The Hall–Kier alpha value is -3.76. The molecule has 0 spiro atoms. The van der Waals surface area contributed by atoms with Crippen molar-refractivity contribution in [2.75, 3.05) is 10.6 Å². The minimum Gasteiger partial charge on any atom is -0.339 e. The van der Waals surface area contributed by atoms with Crippen LogP contribution < -0.4 is 16.4 Å². The predicted octanol–water partition coefficient (Wildman–Crippen LogP) is 6.99. The third-order valence-electron chi connectivity index (χ3n) is 5.71. The highest BCUT2D eigenvalue weighted by Gasteiger charge is 2.20. The lowest BCUT2D eigenvalue weighted by atomic mass is 10.0. The number of nitrogens with two attached hydrogens (primary N) is 1. The summed E-state index contributed by atoms with van der Waals surface area (Å²) in [5, 5.41) is 25.4. The Balaban J connectivity index is 2.23. The van der Waals surface area contributed by atoms with Crippen LogP contribution in [0.1, 0.15) is 51.4 Å². The molecular weight excluding hydrogens is 422 g/mol. The number of aryl methyl sites for hydroxylation is 6. The maximum Gasteiger partial charge on any atom is 0.161 e. The number of pyridine rings is 1. The normalized spacial score (nSPS) is 12.0. The molecule has 3 rings (SSSR count). The van der Waals surface area contributed by atoms with E-state index < -0.39 is 6.17 Å². The molecule has 0 aliphatic heterocycles. The Labute approximate surface area is 202 Å². The van der Waals surface area contributed by atoms with Crippen molar-refractivity contribution in [3.05, 3.63) is 68.8 Å². The van der Waals surface area contributed by atoms with E-state index in [-0.39, 0.29) is 0 Å². The molecule has 1 unspecified atom stereocenters. The zero-order valence-corrected chi connectivity index (χ0v) is 21.3. The SMILES string of the molecule is Cc1cc(C)c(Nc2nc(Nc3c(C)cc(C)cc3C)c(N=NC(C)N)c(C)c2C#N)c(C)c1. The monoisotopic (exact) mass is 455 g/mol. The van der Waals surface area contributed by atoms with Crippen molar-refractivity contribution < 1.29 is 0 Å². The summed E-state index contributed by atoms with van der Waals surface area (Å²) in [5.41, 5.74) is 16.0. The smallest absolute Gasteiger partial charge is 0.161 e. The van der Waals surface area contributed by atoms with Crippen LogP contribution in [0.4, 0.5) is 28.7 Å². The number of nitriles is 1. The molecule has 176 valence electrons. The van der Waals surface area contributed by atoms with Gasteiger partial charge in [0.15, 0.2) is 11.6 Å². The topological polar surface area (TPSA) is 111 Å². The molecule has 3 aromatic rings. The quantitative estimate of drug-likeness (QED) is 0.347. The molecular formula is C27H33N7. The first-order valence-electron chi connectivity index (χ1n) is 11.3. The first-order chi connectivity index (χ1) is 16.0. The molecule has 2 aromatic carbocycles. The van der Waals surface area contributed by atoms with Crippen molar-refractivity contribution in [3.8, 4) is 6.07 Å². The summed E-state index contributed by atoms with van der Waals surface area (Å²) in [5.74, 6) is 0.987. The number of rotatable bonds is 6. The first-order valence-corrected chi connectivity index (χ1v) is 11.3. The number of nitrogens with zero attached hydrogens (tertiary/aromatic N) is 4. The van der Waals surface area contributed by atoms with Crippen molar-refractivity contribution >= 4 is 28.7 Å². The van der Waals surface area contributed by atoms with Gasteiger partial charge in [-0.1, -0.05) is 35.4 Å². The number of azo groups is 1. The van der Waals surface area contributed by atoms with Crippen LogP contribution in [-0.2, 0) is 0 Å². The third-order valence-corrected chi connectivity index (χ3v) is 5.71. The Morgan fingerprint density at radius 2 is 1.26 bits per heavy atom. The van der Waals surface area contributed by atoms with Crippen molar-refractivity contribution in [1.82, 2.24) is 4.98 Å². The van der Waals surface area contributed by atoms with Crippen molar-refractivity contribution in [2.24, 2.45) is 16.0 Å². The summed E-state index contributed by atoms with van der Waals surface area (Å²) < 4.78 is 0. The highest BCUT2D eigenvalue weighted by atomic mass is 15.2. The van der Waals surface area contributed by atoms with Gasteiger partial charge < -0.3 is 16.4 Å². The van der Waals surface area contributed by atoms with Gasteiger partial charge in [-0.05, 0) is 77.6 Å². The van der Waals surface area contributed by atoms with E-state index in [0.717, 1.165) is 33.6 Å². The van der Waals surface area contributed by atoms with Gasteiger partial charge in [0.25, 0.3) is 0 Å². The van der Waals surface area contributed by atoms with Gasteiger partial charge >= 0.3 is 0 Å². The number of anilines is 4. The van der Waals surface area contributed by atoms with Gasteiger partial charge in [-0.3, -0.25) is 0 Å². The first kappa shape index (κ1) is 24.9. The average molecular weight is 456 g/mol. The van der Waals surface area contributed by atoms with Gasteiger partial charge in [0.05, 0.1) is 5.56 Å². The summed E-state index contributed by atoms with van der Waals surface area (Å²) in [6.07, 6.45) is -0.476. The van der Waals surface area contributed by atoms with Gasteiger partial charge in [-0.25, -0.2) is 4.98 Å². The van der Waals surface area contributed by atoms with Crippen molar-refractivity contribution in [1.29, 1.82) is 5.26 Å². The van der Waals surface area contributed by atoms with Crippen LogP contribution in [0.15, 0.2) is 34.5 Å². The van der Waals surface area contributed by atoms with Gasteiger partial charge in [0.1, 0.15) is 17.9 Å². The van der Waals surface area contributed by atoms with Crippen LogP contribution in [-0.4, -0.2) is 11.1 Å². The fourth-order valence-electron chi connectivity index (χ4n) is 4.27. The Morgan fingerprint density at radius 3 is 1.68 bits per heavy atom. The van der Waals surface area contributed by atoms with Crippen LogP contribution in [0.3, 0.4) is 0 Å². The lowest BCUT2D eigenvalue weighted by Gasteiger charge is -2.19. The van der Waals surface area contributed by atoms with E-state index in [0.29, 0.717) is 28.5 Å². The fourth-order valence-corrected chi connectivity index (χ4v) is 4.27. The maximum absolute atomic E-state index is 10.0. The Morgan fingerprint density at radius 1 is 0.824 bits per heavy atom. The summed E-state index contributed by atoms with van der Waals surface area (Å²) in [4.78, 5) is 4.84. The van der Waals surface area contributed by atoms with Crippen LogP contribution in [0.25, 0.3) is 0 Å². The van der Waals surface area contributed by atoms with E-state index in [9.17, 15) is 5.26 Å². The van der Waals surface area contributed by atoms with Gasteiger partial charge in [-0.2, -0.15) is 15.5 Å². The van der Waals surface area contributed by atoms with Crippen LogP contribution in [0.5, 0.6) is 0 Å². The third kappa shape index (κ3) is 5.24. The number of aromatic nitrogens is 1. The minimum absolute atomic E-state index is 0.417. The molecule has 0 saturated carbocycles. The Bertz CT molecular complexity index is 1270. The molecule has 0 fully saturated rings. The zero-order valence-electron chi connectivity index (χ0n) is 21.3. The largest absolute Gasteiger partial charge is 0.339 e. The molecule has 0 aliphatic rings. The molecule has 0 bridgehead atoms. The number of benzene rings is 2. The van der Waals surface area contributed by atoms with Crippen LogP contribution >= 0.6 is 0 Å². The second-order valence-corrected chi connectivity index (χ2v) is 9.02. The molecule has 1 atom stereocenters. The lowest BCUT2D eigenvalue weighted by molar-refractivity contribution is 0.742. The minimum atomic E-state index is -0.476. The highest BCUT2D eigenvalue weighted by molar-refractivity contribution is 5.81. The summed E-state index contributed by atoms with van der Waals surface area (Å²) in [7, 11) is 0. The molecule has 0 aliphatic carbocycles. The fraction of sp³-hybridized carbons (Fsp3) is 0.333. The molecule has 34 heavy (non-hydrogen) atoms. The second-order valence-electron chi connectivity index (χ2n) is 9.02. The van der Waals surface area contributed by atoms with Gasteiger partial charge in [-0.15, -0.1) is 0 Å². The van der Waals surface area contributed by atoms with E-state index in [1.165, 1.54) is 11.1 Å². The molecule has 0 amide bonds. The molecule has 1 heterocycles. The molecule has 0 saturated heterocycles. The number of hydrogen-bond donors (Lipinski definition) is 3. The van der Waals surface area contributed by atoms with Gasteiger partial charge in [0.2, 0.25) is 0 Å². The summed E-state index contributed by atoms with van der Waals surface area (Å²) in [6.45, 7) is 16.0. The second kappa shape index (κ2) is 10.0. The molecule has 0 radical (unpaired) electrons. The van der Waals surface area contributed by atoms with Crippen LogP contribution in [0, 0.1) is 59.8 Å². The van der Waals surface area contributed by atoms with Crippen molar-refractivity contribution in [3.63, 3.8) is 0 Å². The Kier molecular flexibility index (Phi) is 7.33. The zero-order chi connectivity index (χ0) is 25.2. The highest BCUT2D eigenvalue weighted by Crippen LogP contribution is 2.38. The summed E-state index contributed by atoms with van der Waals surface area (Å²) in [6, 6.07) is 10.8. The molecule has 1 aromatic heterocycles.